The lowest BCUT2D eigenvalue weighted by atomic mass is 10.3. The lowest BCUT2D eigenvalue weighted by Gasteiger charge is -2.01. The minimum atomic E-state index is 0.577. The number of hydrogen-bond acceptors (Lipinski definition) is 2. The molecule has 0 aliphatic carbocycles. The van der Waals surface area contributed by atoms with Crippen molar-refractivity contribution in [2.45, 2.75) is 0 Å². The highest BCUT2D eigenvalue weighted by Gasteiger charge is 2.01. The molecule has 2 nitrogen and oxygen atoms in total. The third-order valence-electron chi connectivity index (χ3n) is 1.87. The maximum absolute atomic E-state index is 11.6. The van der Waals surface area contributed by atoms with Crippen molar-refractivity contribution in [3.63, 3.8) is 0 Å². The molecule has 0 saturated heterocycles. The molecule has 2 rings (SSSR count). The Morgan fingerprint density at radius 3 is 2.53 bits per heavy atom. The van der Waals surface area contributed by atoms with Gasteiger partial charge in [-0.05, 0) is 23.6 Å². The van der Waals surface area contributed by atoms with Crippen molar-refractivity contribution in [2.75, 3.05) is 0 Å². The van der Waals surface area contributed by atoms with E-state index in [1.807, 2.05) is 17.5 Å². The first-order chi connectivity index (χ1) is 7.25. The Hall–Kier alpha value is -1.32. The van der Waals surface area contributed by atoms with Crippen LogP contribution in [-0.4, -0.2) is 11.0 Å². The predicted octanol–water partition coefficient (Wildman–Crippen LogP) is 3.66. The fraction of sp³-hybridized carbons (Fsp3) is 0. The number of rotatable bonds is 2. The van der Waals surface area contributed by atoms with Crippen LogP contribution in [0.2, 0.25) is 5.02 Å². The number of halogens is 1. The number of benzene rings is 1. The molecular weight excluding hydrogens is 230 g/mol. The molecule has 0 aliphatic heterocycles. The molecule has 0 amide bonds. The van der Waals surface area contributed by atoms with Crippen LogP contribution in [0.5, 0.6) is 0 Å². The molecule has 0 atom stereocenters. The van der Waals surface area contributed by atoms with Gasteiger partial charge in [0.2, 0.25) is 5.69 Å². The van der Waals surface area contributed by atoms with E-state index in [4.69, 9.17) is 11.6 Å². The van der Waals surface area contributed by atoms with Gasteiger partial charge in [-0.15, -0.1) is 11.3 Å². The molecule has 0 radical (unpaired) electrons. The molecule has 0 unspecified atom stereocenters. The topological polar surface area (TPSA) is 26.1 Å². The van der Waals surface area contributed by atoms with Crippen molar-refractivity contribution >= 4 is 34.8 Å². The maximum Gasteiger partial charge on any atom is 0.216 e. The Bertz CT molecular complexity index is 462. The van der Waals surface area contributed by atoms with E-state index in [2.05, 4.69) is 0 Å². The number of thiophene rings is 1. The molecule has 4 heteroatoms. The monoisotopic (exact) mass is 237 g/mol. The van der Waals surface area contributed by atoms with Crippen LogP contribution in [0.1, 0.15) is 4.88 Å². The maximum atomic E-state index is 11.6. The lowest BCUT2D eigenvalue weighted by Crippen LogP contribution is -1.96. The Labute approximate surface area is 96.7 Å². The summed E-state index contributed by atoms with van der Waals surface area (Å²) in [6.07, 6.45) is 1.55. The SMILES string of the molecule is [O-][N+](=Cc1cccs1)c1ccc(Cl)cc1. The van der Waals surface area contributed by atoms with E-state index in [1.165, 1.54) is 11.3 Å². The van der Waals surface area contributed by atoms with Crippen LogP contribution in [0, 0.1) is 5.21 Å². The second kappa shape index (κ2) is 4.47. The number of nitrogens with zero attached hydrogens (tertiary/aromatic N) is 1. The Balaban J connectivity index is 2.28. The molecule has 76 valence electrons. The highest BCUT2D eigenvalue weighted by atomic mass is 35.5. The summed E-state index contributed by atoms with van der Waals surface area (Å²) in [5, 5.41) is 14.2. The summed E-state index contributed by atoms with van der Waals surface area (Å²) < 4.78 is 0.835. The van der Waals surface area contributed by atoms with Crippen molar-refractivity contribution in [1.82, 2.24) is 0 Å². The van der Waals surface area contributed by atoms with Crippen LogP contribution in [0.15, 0.2) is 41.8 Å². The zero-order valence-electron chi connectivity index (χ0n) is 7.76. The van der Waals surface area contributed by atoms with E-state index >= 15 is 0 Å². The number of hydrogen-bond donors (Lipinski definition) is 0. The third-order valence-corrected chi connectivity index (χ3v) is 2.93. The fourth-order valence-corrected chi connectivity index (χ4v) is 1.90. The summed E-state index contributed by atoms with van der Waals surface area (Å²) in [4.78, 5) is 0.931. The van der Waals surface area contributed by atoms with Crippen LogP contribution in [0.3, 0.4) is 0 Å². The minimum absolute atomic E-state index is 0.577. The van der Waals surface area contributed by atoms with E-state index in [1.54, 1.807) is 30.5 Å². The van der Waals surface area contributed by atoms with E-state index in [0.717, 1.165) is 9.62 Å². The summed E-state index contributed by atoms with van der Waals surface area (Å²) in [6.45, 7) is 0. The Morgan fingerprint density at radius 1 is 1.20 bits per heavy atom. The molecule has 1 heterocycles. The van der Waals surface area contributed by atoms with Gasteiger partial charge in [0.05, 0.1) is 4.88 Å². The molecule has 0 N–H and O–H groups in total. The first kappa shape index (κ1) is 10.2. The van der Waals surface area contributed by atoms with Gasteiger partial charge in [0.15, 0.2) is 6.21 Å². The van der Waals surface area contributed by atoms with Crippen LogP contribution in [-0.2, 0) is 0 Å². The molecule has 0 aliphatic rings. The predicted molar refractivity (Wildman–Crippen MR) is 64.2 cm³/mol. The van der Waals surface area contributed by atoms with Crippen LogP contribution < -0.4 is 0 Å². The van der Waals surface area contributed by atoms with Gasteiger partial charge in [0.25, 0.3) is 0 Å². The van der Waals surface area contributed by atoms with Gasteiger partial charge in [0.1, 0.15) is 0 Å². The van der Waals surface area contributed by atoms with Crippen molar-refractivity contribution < 1.29 is 4.74 Å². The first-order valence-electron chi connectivity index (χ1n) is 4.36. The van der Waals surface area contributed by atoms with Gasteiger partial charge < -0.3 is 5.21 Å². The van der Waals surface area contributed by atoms with Gasteiger partial charge in [0, 0.05) is 17.2 Å². The van der Waals surface area contributed by atoms with Gasteiger partial charge in [-0.2, -0.15) is 4.74 Å². The molecule has 0 bridgehead atoms. The van der Waals surface area contributed by atoms with Gasteiger partial charge >= 0.3 is 0 Å². The standard InChI is InChI=1S/C11H8ClNOS/c12-9-3-5-10(6-4-9)13(14)8-11-2-1-7-15-11/h1-8H. The minimum Gasteiger partial charge on any atom is -0.618 e. The highest BCUT2D eigenvalue weighted by Crippen LogP contribution is 2.16. The fourth-order valence-electron chi connectivity index (χ4n) is 1.14. The molecule has 0 fully saturated rings. The van der Waals surface area contributed by atoms with Gasteiger partial charge in [-0.3, -0.25) is 0 Å². The first-order valence-corrected chi connectivity index (χ1v) is 5.62. The zero-order valence-corrected chi connectivity index (χ0v) is 9.33. The van der Waals surface area contributed by atoms with E-state index in [-0.39, 0.29) is 0 Å². The second-order valence-electron chi connectivity index (χ2n) is 2.95. The van der Waals surface area contributed by atoms with Gasteiger partial charge in [-0.25, -0.2) is 0 Å². The van der Waals surface area contributed by atoms with E-state index in [0.29, 0.717) is 10.7 Å². The molecule has 0 spiro atoms. The quantitative estimate of drug-likeness (QED) is 0.339. The highest BCUT2D eigenvalue weighted by molar-refractivity contribution is 7.11. The van der Waals surface area contributed by atoms with Crippen molar-refractivity contribution in [3.8, 4) is 0 Å². The molecule has 0 saturated carbocycles. The summed E-state index contributed by atoms with van der Waals surface area (Å²) in [6, 6.07) is 10.6. The zero-order chi connectivity index (χ0) is 10.7. The lowest BCUT2D eigenvalue weighted by molar-refractivity contribution is -0.354. The Kier molecular flexibility index (Phi) is 3.04. The van der Waals surface area contributed by atoms with Crippen LogP contribution >= 0.6 is 22.9 Å². The molecular formula is C11H8ClNOS. The summed E-state index contributed by atoms with van der Waals surface area (Å²) >= 11 is 7.26. The third kappa shape index (κ3) is 2.58. The average molecular weight is 238 g/mol. The van der Waals surface area contributed by atoms with Crippen molar-refractivity contribution in [2.24, 2.45) is 0 Å². The Morgan fingerprint density at radius 2 is 1.93 bits per heavy atom. The van der Waals surface area contributed by atoms with Gasteiger partial charge in [-0.1, -0.05) is 17.7 Å². The van der Waals surface area contributed by atoms with Crippen LogP contribution in [0.4, 0.5) is 5.69 Å². The molecule has 1 aromatic heterocycles. The second-order valence-corrected chi connectivity index (χ2v) is 4.36. The van der Waals surface area contributed by atoms with Crippen LogP contribution in [0.25, 0.3) is 0 Å². The largest absolute Gasteiger partial charge is 0.618 e. The summed E-state index contributed by atoms with van der Waals surface area (Å²) in [7, 11) is 0. The molecule has 2 aromatic rings. The molecule has 1 aromatic carbocycles. The normalized spacial score (nSPS) is 11.7. The van der Waals surface area contributed by atoms with E-state index in [9.17, 15) is 5.21 Å². The van der Waals surface area contributed by atoms with Crippen molar-refractivity contribution in [3.05, 3.63) is 56.9 Å². The summed E-state index contributed by atoms with van der Waals surface area (Å²) in [5.74, 6) is 0. The van der Waals surface area contributed by atoms with E-state index < -0.39 is 0 Å². The summed E-state index contributed by atoms with van der Waals surface area (Å²) in [5.41, 5.74) is 0.577. The smallest absolute Gasteiger partial charge is 0.216 e. The molecule has 15 heavy (non-hydrogen) atoms. The average Bonchev–Trinajstić information content (AvgIpc) is 2.71. The van der Waals surface area contributed by atoms with Crippen molar-refractivity contribution in [1.29, 1.82) is 0 Å².